The second kappa shape index (κ2) is 9.45. The average Bonchev–Trinajstić information content (AvgIpc) is 2.89. The number of hydrogen-bond donors (Lipinski definition) is 2. The van der Waals surface area contributed by atoms with Gasteiger partial charge in [-0.3, -0.25) is 9.78 Å². The van der Waals surface area contributed by atoms with Crippen molar-refractivity contribution in [3.8, 4) is 16.9 Å². The summed E-state index contributed by atoms with van der Waals surface area (Å²) < 4.78 is 0. The summed E-state index contributed by atoms with van der Waals surface area (Å²) in [6.45, 7) is 4.27. The quantitative estimate of drug-likeness (QED) is 0.435. The molecule has 0 amide bonds. The third kappa shape index (κ3) is 4.54. The minimum absolute atomic E-state index is 0.163. The summed E-state index contributed by atoms with van der Waals surface area (Å²) in [5.41, 5.74) is 4.36. The molecule has 0 saturated carbocycles. The molecule has 0 bridgehead atoms. The molecule has 2 N–H and O–H groups in total. The molecule has 2 aromatic carbocycles. The average molecular weight is 451 g/mol. The van der Waals surface area contributed by atoms with Crippen molar-refractivity contribution in [1.82, 2.24) is 15.3 Å². The number of phenolic OH excluding ortho intramolecular Hbond substituents is 1. The molecule has 170 valence electrons. The third-order valence-corrected chi connectivity index (χ3v) is 6.18. The molecule has 4 aromatic rings. The van der Waals surface area contributed by atoms with Crippen molar-refractivity contribution in [3.63, 3.8) is 0 Å². The molecular formula is C28H26N4O2. The molecule has 0 spiro atoms. The number of carbonyl (C=O) groups is 1. The zero-order valence-electron chi connectivity index (χ0n) is 19.0. The predicted molar refractivity (Wildman–Crippen MR) is 133 cm³/mol. The molecule has 6 nitrogen and oxygen atoms in total. The number of aromatic hydroxyl groups is 1. The van der Waals surface area contributed by atoms with Crippen LogP contribution in [0.4, 0.5) is 5.82 Å². The van der Waals surface area contributed by atoms with Gasteiger partial charge in [-0.1, -0.05) is 48.5 Å². The molecule has 1 unspecified atom stereocenters. The van der Waals surface area contributed by atoms with Gasteiger partial charge in [0, 0.05) is 48.7 Å². The molecule has 34 heavy (non-hydrogen) atoms. The number of aryl methyl sites for hydroxylation is 1. The second-order valence-electron chi connectivity index (χ2n) is 8.48. The number of rotatable bonds is 5. The number of hydrogen-bond acceptors (Lipinski definition) is 6. The van der Waals surface area contributed by atoms with Crippen LogP contribution >= 0.6 is 0 Å². The summed E-state index contributed by atoms with van der Waals surface area (Å²) in [6.07, 6.45) is 1.72. The third-order valence-electron chi connectivity index (χ3n) is 6.18. The van der Waals surface area contributed by atoms with Crippen molar-refractivity contribution in [2.45, 2.75) is 13.0 Å². The Balaban J connectivity index is 1.41. The van der Waals surface area contributed by atoms with E-state index in [2.05, 4.69) is 39.5 Å². The Kier molecular flexibility index (Phi) is 6.06. The van der Waals surface area contributed by atoms with Crippen LogP contribution in [0.25, 0.3) is 11.1 Å². The summed E-state index contributed by atoms with van der Waals surface area (Å²) in [4.78, 5) is 24.9. The lowest BCUT2D eigenvalue weighted by molar-refractivity contribution is 0.103. The number of anilines is 1. The number of aromatic nitrogens is 2. The summed E-state index contributed by atoms with van der Waals surface area (Å²) in [5.74, 6) is 0.803. The van der Waals surface area contributed by atoms with Crippen LogP contribution in [-0.2, 0) is 0 Å². The second-order valence-corrected chi connectivity index (χ2v) is 8.48. The number of nitrogens with one attached hydrogen (secondary N) is 1. The Morgan fingerprint density at radius 3 is 2.65 bits per heavy atom. The smallest absolute Gasteiger partial charge is 0.213 e. The van der Waals surface area contributed by atoms with Crippen LogP contribution in [0.3, 0.4) is 0 Å². The Morgan fingerprint density at radius 1 is 1.00 bits per heavy atom. The first-order valence-electron chi connectivity index (χ1n) is 11.4. The molecule has 6 heteroatoms. The highest BCUT2D eigenvalue weighted by Gasteiger charge is 2.23. The fourth-order valence-electron chi connectivity index (χ4n) is 4.34. The van der Waals surface area contributed by atoms with Crippen molar-refractivity contribution in [1.29, 1.82) is 0 Å². The summed E-state index contributed by atoms with van der Waals surface area (Å²) in [7, 11) is 0. The number of ketones is 1. The first-order valence-corrected chi connectivity index (χ1v) is 11.4. The highest BCUT2D eigenvalue weighted by atomic mass is 16.3. The van der Waals surface area contributed by atoms with Crippen molar-refractivity contribution in [3.05, 3.63) is 108 Å². The molecule has 2 aromatic heterocycles. The van der Waals surface area contributed by atoms with E-state index in [4.69, 9.17) is 4.98 Å². The van der Waals surface area contributed by atoms with Gasteiger partial charge in [0.25, 0.3) is 0 Å². The van der Waals surface area contributed by atoms with Crippen LogP contribution in [0.5, 0.6) is 5.75 Å². The number of carbonyl (C=O) groups excluding carboxylic acids is 1. The number of pyridine rings is 2. The molecule has 1 fully saturated rings. The van der Waals surface area contributed by atoms with Crippen LogP contribution in [0.15, 0.2) is 85.1 Å². The van der Waals surface area contributed by atoms with Gasteiger partial charge in [-0.2, -0.15) is 0 Å². The number of nitrogens with zero attached hydrogens (tertiary/aromatic N) is 3. The molecule has 1 aliphatic heterocycles. The lowest BCUT2D eigenvalue weighted by Gasteiger charge is -2.35. The van der Waals surface area contributed by atoms with Crippen LogP contribution in [-0.4, -0.2) is 40.5 Å². The van der Waals surface area contributed by atoms with Gasteiger partial charge in [0.15, 0.2) is 0 Å². The van der Waals surface area contributed by atoms with E-state index in [-0.39, 0.29) is 17.6 Å². The first kappa shape index (κ1) is 21.8. The molecule has 1 atom stereocenters. The topological polar surface area (TPSA) is 78.4 Å². The first-order chi connectivity index (χ1) is 16.6. The lowest BCUT2D eigenvalue weighted by Crippen LogP contribution is -2.46. The Bertz CT molecular complexity index is 1320. The molecule has 3 heterocycles. The van der Waals surface area contributed by atoms with E-state index in [9.17, 15) is 9.90 Å². The van der Waals surface area contributed by atoms with Crippen molar-refractivity contribution < 1.29 is 9.90 Å². The van der Waals surface area contributed by atoms with Gasteiger partial charge in [-0.25, -0.2) is 4.98 Å². The molecular weight excluding hydrogens is 424 g/mol. The molecule has 5 rings (SSSR count). The molecule has 1 saturated heterocycles. The van der Waals surface area contributed by atoms with Crippen molar-refractivity contribution in [2.75, 3.05) is 24.5 Å². The summed E-state index contributed by atoms with van der Waals surface area (Å²) in [5, 5.41) is 13.4. The van der Waals surface area contributed by atoms with Gasteiger partial charge >= 0.3 is 0 Å². The van der Waals surface area contributed by atoms with E-state index < -0.39 is 0 Å². The highest BCUT2D eigenvalue weighted by Crippen LogP contribution is 2.26. The summed E-state index contributed by atoms with van der Waals surface area (Å²) >= 11 is 0. The minimum Gasteiger partial charge on any atom is -0.508 e. The van der Waals surface area contributed by atoms with Crippen LogP contribution in [0, 0.1) is 6.92 Å². The maximum atomic E-state index is 13.5. The van der Waals surface area contributed by atoms with E-state index in [1.54, 1.807) is 30.5 Å². The van der Waals surface area contributed by atoms with Gasteiger partial charge < -0.3 is 15.3 Å². The van der Waals surface area contributed by atoms with Crippen LogP contribution in [0.2, 0.25) is 0 Å². The van der Waals surface area contributed by atoms with E-state index in [1.165, 1.54) is 5.56 Å². The molecule has 0 aliphatic carbocycles. The Morgan fingerprint density at radius 2 is 1.82 bits per heavy atom. The standard InChI is InChI=1S/C28H26N4O2/c1-19-24(16-22(17-30-19)21-9-5-10-23(33)15-21)28(34)25-11-6-12-27(31-25)32-14-13-29-26(18-32)20-7-3-2-4-8-20/h2-12,15-17,26,29,33H,13-14,18H2,1H3. The van der Waals surface area contributed by atoms with Crippen LogP contribution in [0.1, 0.15) is 33.4 Å². The van der Waals surface area contributed by atoms with Crippen molar-refractivity contribution >= 4 is 11.6 Å². The Labute approximate surface area is 198 Å². The molecule has 1 aliphatic rings. The maximum absolute atomic E-state index is 13.5. The zero-order chi connectivity index (χ0) is 23.5. The van der Waals surface area contributed by atoms with Crippen molar-refractivity contribution in [2.24, 2.45) is 0 Å². The van der Waals surface area contributed by atoms with Gasteiger partial charge in [-0.15, -0.1) is 0 Å². The number of benzene rings is 2. The maximum Gasteiger partial charge on any atom is 0.213 e. The lowest BCUT2D eigenvalue weighted by atomic mass is 10.0. The normalized spacial score (nSPS) is 15.8. The predicted octanol–water partition coefficient (Wildman–Crippen LogP) is 4.54. The van der Waals surface area contributed by atoms with Gasteiger partial charge in [0.2, 0.25) is 5.78 Å². The van der Waals surface area contributed by atoms with E-state index in [1.807, 2.05) is 37.3 Å². The zero-order valence-corrected chi connectivity index (χ0v) is 19.0. The Hall–Kier alpha value is -4.03. The largest absolute Gasteiger partial charge is 0.508 e. The fourth-order valence-corrected chi connectivity index (χ4v) is 4.34. The van der Waals surface area contributed by atoms with Crippen LogP contribution < -0.4 is 10.2 Å². The molecule has 0 radical (unpaired) electrons. The summed E-state index contributed by atoms with van der Waals surface area (Å²) in [6, 6.07) is 24.9. The minimum atomic E-state index is -0.163. The van der Waals surface area contributed by atoms with Gasteiger partial charge in [0.1, 0.15) is 17.3 Å². The number of phenols is 1. The van der Waals surface area contributed by atoms with E-state index in [0.717, 1.165) is 36.6 Å². The fraction of sp³-hybridized carbons (Fsp3) is 0.179. The highest BCUT2D eigenvalue weighted by molar-refractivity contribution is 6.09. The SMILES string of the molecule is Cc1ncc(-c2cccc(O)c2)cc1C(=O)c1cccc(N2CCNC(c3ccccc3)C2)n1. The number of piperazine rings is 1. The van der Waals surface area contributed by atoms with E-state index >= 15 is 0 Å². The van der Waals surface area contributed by atoms with Gasteiger partial charge in [-0.05, 0) is 48.4 Å². The van der Waals surface area contributed by atoms with E-state index in [0.29, 0.717) is 17.0 Å². The monoisotopic (exact) mass is 450 g/mol. The van der Waals surface area contributed by atoms with Gasteiger partial charge in [0.05, 0.1) is 0 Å².